The maximum absolute atomic E-state index is 12.7. The summed E-state index contributed by atoms with van der Waals surface area (Å²) < 4.78 is 43.1. The molecule has 1 aromatic carbocycles. The molecule has 0 aliphatic carbocycles. The van der Waals surface area contributed by atoms with Gasteiger partial charge in [0.2, 0.25) is 5.13 Å². The Morgan fingerprint density at radius 3 is 2.70 bits per heavy atom. The van der Waals surface area contributed by atoms with Crippen LogP contribution in [0.4, 0.5) is 18.3 Å². The van der Waals surface area contributed by atoms with Crippen molar-refractivity contribution in [1.29, 1.82) is 0 Å². The van der Waals surface area contributed by atoms with Gasteiger partial charge < -0.3 is 4.42 Å². The highest BCUT2D eigenvalue weighted by molar-refractivity contribution is 7.18. The number of hydrogen-bond acceptors (Lipinski definition) is 5. The second-order valence-corrected chi connectivity index (χ2v) is 5.40. The Balaban J connectivity index is 1.77. The predicted molar refractivity (Wildman–Crippen MR) is 77.0 cm³/mol. The number of furan rings is 1. The van der Waals surface area contributed by atoms with Crippen LogP contribution < -0.4 is 5.32 Å². The van der Waals surface area contributed by atoms with Gasteiger partial charge in [-0.3, -0.25) is 10.1 Å². The van der Waals surface area contributed by atoms with E-state index in [1.165, 1.54) is 18.4 Å². The van der Waals surface area contributed by atoms with E-state index in [2.05, 4.69) is 15.5 Å². The first-order valence-corrected chi connectivity index (χ1v) is 7.11. The van der Waals surface area contributed by atoms with Crippen LogP contribution in [0.3, 0.4) is 0 Å². The number of anilines is 1. The molecule has 118 valence electrons. The molecule has 9 heteroatoms. The van der Waals surface area contributed by atoms with Gasteiger partial charge >= 0.3 is 6.18 Å². The summed E-state index contributed by atoms with van der Waals surface area (Å²) >= 11 is 1.05. The maximum atomic E-state index is 12.7. The zero-order valence-corrected chi connectivity index (χ0v) is 12.1. The minimum absolute atomic E-state index is 0.116. The Morgan fingerprint density at radius 2 is 2.00 bits per heavy atom. The third kappa shape index (κ3) is 3.39. The van der Waals surface area contributed by atoms with E-state index in [0.717, 1.165) is 23.5 Å². The lowest BCUT2D eigenvalue weighted by molar-refractivity contribution is -0.137. The van der Waals surface area contributed by atoms with E-state index in [4.69, 9.17) is 4.42 Å². The largest absolute Gasteiger partial charge is 0.462 e. The molecule has 5 nitrogen and oxygen atoms in total. The van der Waals surface area contributed by atoms with Gasteiger partial charge in [-0.15, -0.1) is 10.2 Å². The molecule has 0 saturated heterocycles. The summed E-state index contributed by atoms with van der Waals surface area (Å²) in [6.07, 6.45) is -3.04. The summed E-state index contributed by atoms with van der Waals surface area (Å²) in [5.74, 6) is -0.208. The van der Waals surface area contributed by atoms with Gasteiger partial charge in [0.15, 0.2) is 10.8 Å². The van der Waals surface area contributed by atoms with Gasteiger partial charge in [0.1, 0.15) is 0 Å². The molecule has 0 fully saturated rings. The van der Waals surface area contributed by atoms with Crippen molar-refractivity contribution in [3.05, 3.63) is 53.8 Å². The first-order valence-electron chi connectivity index (χ1n) is 6.29. The lowest BCUT2D eigenvalue weighted by atomic mass is 10.1. The Hall–Kier alpha value is -2.68. The van der Waals surface area contributed by atoms with Crippen LogP contribution in [0.15, 0.2) is 47.1 Å². The molecule has 2 aromatic heterocycles. The van der Waals surface area contributed by atoms with Crippen molar-refractivity contribution in [2.24, 2.45) is 0 Å². The van der Waals surface area contributed by atoms with Crippen LogP contribution in [0.1, 0.15) is 15.9 Å². The molecule has 2 heterocycles. The van der Waals surface area contributed by atoms with Crippen LogP contribution in [-0.4, -0.2) is 16.1 Å². The summed E-state index contributed by atoms with van der Waals surface area (Å²) in [7, 11) is 0. The average Bonchev–Trinajstić information content (AvgIpc) is 3.17. The van der Waals surface area contributed by atoms with Crippen molar-refractivity contribution in [3.63, 3.8) is 0 Å². The molecule has 0 aliphatic heterocycles. The van der Waals surface area contributed by atoms with E-state index in [9.17, 15) is 18.0 Å². The lowest BCUT2D eigenvalue weighted by Crippen LogP contribution is -2.13. The summed E-state index contributed by atoms with van der Waals surface area (Å²) in [6.45, 7) is 0. The Kier molecular flexibility index (Phi) is 3.87. The fourth-order valence-corrected chi connectivity index (χ4v) is 2.49. The normalized spacial score (nSPS) is 11.4. The van der Waals surface area contributed by atoms with Gasteiger partial charge in [-0.1, -0.05) is 17.4 Å². The van der Waals surface area contributed by atoms with Crippen molar-refractivity contribution >= 4 is 22.4 Å². The van der Waals surface area contributed by atoms with Crippen LogP contribution >= 0.6 is 11.3 Å². The molecule has 3 aromatic rings. The molecule has 3 rings (SSSR count). The molecule has 0 atom stereocenters. The van der Waals surface area contributed by atoms with Gasteiger partial charge in [0.25, 0.3) is 5.91 Å². The second-order valence-electron chi connectivity index (χ2n) is 4.42. The van der Waals surface area contributed by atoms with E-state index in [-0.39, 0.29) is 10.7 Å². The minimum atomic E-state index is -4.51. The van der Waals surface area contributed by atoms with Crippen molar-refractivity contribution in [2.75, 3.05) is 5.32 Å². The molecular formula is C14H8F3N3O2S. The average molecular weight is 339 g/mol. The van der Waals surface area contributed by atoms with Crippen LogP contribution in [0.5, 0.6) is 0 Å². The van der Waals surface area contributed by atoms with E-state index in [1.54, 1.807) is 12.1 Å². The number of nitrogens with one attached hydrogen (secondary N) is 1. The van der Waals surface area contributed by atoms with Crippen LogP contribution in [0.2, 0.25) is 0 Å². The molecule has 1 N–H and O–H groups in total. The molecule has 0 bridgehead atoms. The summed E-state index contributed by atoms with van der Waals surface area (Å²) in [5, 5.41) is 10.6. The predicted octanol–water partition coefficient (Wildman–Crippen LogP) is 4.07. The van der Waals surface area contributed by atoms with Gasteiger partial charge in [-0.05, 0) is 30.3 Å². The summed E-state index contributed by atoms with van der Waals surface area (Å²) in [6, 6.07) is 7.50. The van der Waals surface area contributed by atoms with Crippen LogP contribution in [0.25, 0.3) is 10.8 Å². The van der Waals surface area contributed by atoms with Crippen molar-refractivity contribution in [2.45, 2.75) is 6.18 Å². The highest BCUT2D eigenvalue weighted by atomic mass is 32.1. The monoisotopic (exact) mass is 339 g/mol. The second kappa shape index (κ2) is 5.84. The number of amides is 1. The summed E-state index contributed by atoms with van der Waals surface area (Å²) in [4.78, 5) is 12.0. The van der Waals surface area contributed by atoms with Gasteiger partial charge in [0, 0.05) is 5.56 Å². The third-order valence-electron chi connectivity index (χ3n) is 2.83. The SMILES string of the molecule is O=C(Nc1nnc(-c2ccco2)s1)c1cccc(C(F)(F)F)c1. The smallest absolute Gasteiger partial charge is 0.416 e. The number of hydrogen-bond donors (Lipinski definition) is 1. The molecule has 0 unspecified atom stereocenters. The van der Waals surface area contributed by atoms with Crippen molar-refractivity contribution in [3.8, 4) is 10.8 Å². The van der Waals surface area contributed by atoms with E-state index in [0.29, 0.717) is 10.8 Å². The number of carbonyl (C=O) groups is 1. The zero-order valence-electron chi connectivity index (χ0n) is 11.3. The minimum Gasteiger partial charge on any atom is -0.462 e. The molecule has 0 saturated carbocycles. The van der Waals surface area contributed by atoms with E-state index >= 15 is 0 Å². The third-order valence-corrected chi connectivity index (χ3v) is 3.68. The molecular weight excluding hydrogens is 331 g/mol. The quantitative estimate of drug-likeness (QED) is 0.781. The number of aromatic nitrogens is 2. The highest BCUT2D eigenvalue weighted by Gasteiger charge is 2.31. The molecule has 0 spiro atoms. The fraction of sp³-hybridized carbons (Fsp3) is 0.0714. The number of benzene rings is 1. The van der Waals surface area contributed by atoms with E-state index < -0.39 is 17.6 Å². The molecule has 0 aliphatic rings. The molecule has 0 radical (unpaired) electrons. The zero-order chi connectivity index (χ0) is 16.4. The topological polar surface area (TPSA) is 68.0 Å². The summed E-state index contributed by atoms with van der Waals surface area (Å²) in [5.41, 5.74) is -1.01. The fourth-order valence-electron chi connectivity index (χ4n) is 1.78. The Labute approximate surface area is 131 Å². The Morgan fingerprint density at radius 1 is 1.17 bits per heavy atom. The number of halogens is 3. The van der Waals surface area contributed by atoms with Gasteiger partial charge in [0.05, 0.1) is 11.8 Å². The number of carbonyl (C=O) groups excluding carboxylic acids is 1. The standard InChI is InChI=1S/C14H8F3N3O2S/c15-14(16,17)9-4-1-3-8(7-9)11(21)18-13-20-19-12(23-13)10-5-2-6-22-10/h1-7H,(H,18,20,21). The molecule has 1 amide bonds. The van der Waals surface area contributed by atoms with E-state index in [1.807, 2.05) is 0 Å². The maximum Gasteiger partial charge on any atom is 0.416 e. The van der Waals surface area contributed by atoms with Gasteiger partial charge in [-0.2, -0.15) is 13.2 Å². The van der Waals surface area contributed by atoms with Gasteiger partial charge in [-0.25, -0.2) is 0 Å². The van der Waals surface area contributed by atoms with Crippen LogP contribution in [-0.2, 0) is 6.18 Å². The number of rotatable bonds is 3. The van der Waals surface area contributed by atoms with Crippen LogP contribution in [0, 0.1) is 0 Å². The lowest BCUT2D eigenvalue weighted by Gasteiger charge is -2.08. The number of alkyl halides is 3. The highest BCUT2D eigenvalue weighted by Crippen LogP contribution is 2.30. The molecule has 23 heavy (non-hydrogen) atoms. The van der Waals surface area contributed by atoms with Crippen molar-refractivity contribution < 1.29 is 22.4 Å². The number of nitrogens with zero attached hydrogens (tertiary/aromatic N) is 2. The van der Waals surface area contributed by atoms with Crippen molar-refractivity contribution in [1.82, 2.24) is 10.2 Å². The Bertz CT molecular complexity index is 828. The first kappa shape index (κ1) is 15.2. The first-order chi connectivity index (χ1) is 10.9.